The van der Waals surface area contributed by atoms with Crippen LogP contribution in [0.4, 0.5) is 5.69 Å². The minimum atomic E-state index is -0.647. The highest BCUT2D eigenvalue weighted by Gasteiger charge is 2.44. The van der Waals surface area contributed by atoms with Gasteiger partial charge in [0.05, 0.1) is 5.41 Å². The fraction of sp³-hybridized carbons (Fsp3) is 0.400. The number of amides is 1. The van der Waals surface area contributed by atoms with Gasteiger partial charge in [-0.15, -0.1) is 0 Å². The average Bonchev–Trinajstić information content (AvgIpc) is 3.23. The zero-order valence-electron chi connectivity index (χ0n) is 17.6. The van der Waals surface area contributed by atoms with Crippen molar-refractivity contribution in [3.05, 3.63) is 65.7 Å². The van der Waals surface area contributed by atoms with Gasteiger partial charge in [-0.05, 0) is 48.6 Å². The number of carbonyl (C=O) groups is 3. The first-order chi connectivity index (χ1) is 14.4. The van der Waals surface area contributed by atoms with Crippen LogP contribution in [0.25, 0.3) is 0 Å². The second-order valence-corrected chi connectivity index (χ2v) is 8.38. The Morgan fingerprint density at radius 1 is 0.967 bits per heavy atom. The number of carbonyl (C=O) groups excluding carboxylic acids is 3. The van der Waals surface area contributed by atoms with Crippen molar-refractivity contribution in [2.75, 3.05) is 11.9 Å². The topological polar surface area (TPSA) is 72.5 Å². The second-order valence-electron chi connectivity index (χ2n) is 8.38. The maximum absolute atomic E-state index is 12.9. The third-order valence-corrected chi connectivity index (χ3v) is 5.59. The molecule has 0 aliphatic heterocycles. The van der Waals surface area contributed by atoms with Crippen molar-refractivity contribution >= 4 is 23.3 Å². The molecule has 1 amide bonds. The maximum atomic E-state index is 12.9. The first-order valence-electron chi connectivity index (χ1n) is 10.6. The van der Waals surface area contributed by atoms with E-state index in [1.165, 1.54) is 0 Å². The van der Waals surface area contributed by atoms with Gasteiger partial charge in [0.1, 0.15) is 0 Å². The van der Waals surface area contributed by atoms with Crippen LogP contribution in [0, 0.1) is 5.92 Å². The molecule has 5 nitrogen and oxygen atoms in total. The highest BCUT2D eigenvalue weighted by atomic mass is 16.5. The summed E-state index contributed by atoms with van der Waals surface area (Å²) >= 11 is 0. The van der Waals surface area contributed by atoms with Crippen molar-refractivity contribution in [2.24, 2.45) is 5.92 Å². The smallest absolute Gasteiger partial charge is 0.317 e. The van der Waals surface area contributed by atoms with Crippen molar-refractivity contribution in [2.45, 2.75) is 51.4 Å². The Hall–Kier alpha value is -2.95. The van der Waals surface area contributed by atoms with Gasteiger partial charge in [-0.3, -0.25) is 14.4 Å². The van der Waals surface area contributed by atoms with Crippen molar-refractivity contribution in [1.29, 1.82) is 0 Å². The minimum absolute atomic E-state index is 0.0548. The molecule has 1 N–H and O–H groups in total. The van der Waals surface area contributed by atoms with Gasteiger partial charge in [0.25, 0.3) is 0 Å². The van der Waals surface area contributed by atoms with Gasteiger partial charge in [0.15, 0.2) is 12.4 Å². The van der Waals surface area contributed by atoms with E-state index in [1.54, 1.807) is 24.3 Å². The van der Waals surface area contributed by atoms with E-state index in [2.05, 4.69) is 5.32 Å². The summed E-state index contributed by atoms with van der Waals surface area (Å²) in [6.07, 6.45) is 3.88. The summed E-state index contributed by atoms with van der Waals surface area (Å²) in [7, 11) is 0. The molecule has 0 aromatic heterocycles. The molecule has 1 aliphatic carbocycles. The highest BCUT2D eigenvalue weighted by Crippen LogP contribution is 2.42. The van der Waals surface area contributed by atoms with E-state index in [0.29, 0.717) is 17.7 Å². The second kappa shape index (κ2) is 9.70. The molecule has 0 atom stereocenters. The molecule has 0 radical (unpaired) electrons. The third kappa shape index (κ3) is 5.15. The molecule has 5 heteroatoms. The van der Waals surface area contributed by atoms with Crippen LogP contribution < -0.4 is 5.32 Å². The Bertz CT molecular complexity index is 881. The lowest BCUT2D eigenvalue weighted by atomic mass is 9.79. The molecule has 0 heterocycles. The summed E-state index contributed by atoms with van der Waals surface area (Å²) in [5.41, 5.74) is 1.40. The van der Waals surface area contributed by atoms with E-state index in [-0.39, 0.29) is 30.2 Å². The van der Waals surface area contributed by atoms with Crippen molar-refractivity contribution in [3.8, 4) is 0 Å². The van der Waals surface area contributed by atoms with Crippen LogP contribution in [0.5, 0.6) is 0 Å². The number of hydrogen-bond donors (Lipinski definition) is 1. The molecule has 30 heavy (non-hydrogen) atoms. The van der Waals surface area contributed by atoms with Crippen LogP contribution in [0.15, 0.2) is 54.6 Å². The SMILES string of the molecule is CC(C)CC(=O)Nc1ccc(C(=O)COC(=O)C2(c3ccccc3)CCCC2)cc1. The fourth-order valence-corrected chi connectivity index (χ4v) is 4.02. The Morgan fingerprint density at radius 2 is 1.60 bits per heavy atom. The Morgan fingerprint density at radius 3 is 2.20 bits per heavy atom. The van der Waals surface area contributed by atoms with E-state index in [0.717, 1.165) is 31.2 Å². The molecule has 1 saturated carbocycles. The molecule has 1 aliphatic rings. The monoisotopic (exact) mass is 407 g/mol. The summed E-state index contributed by atoms with van der Waals surface area (Å²) in [4.78, 5) is 37.3. The molecular formula is C25H29NO4. The summed E-state index contributed by atoms with van der Waals surface area (Å²) in [6, 6.07) is 16.4. The van der Waals surface area contributed by atoms with E-state index in [9.17, 15) is 14.4 Å². The number of anilines is 1. The van der Waals surface area contributed by atoms with Crippen molar-refractivity contribution in [1.82, 2.24) is 0 Å². The largest absolute Gasteiger partial charge is 0.457 e. The maximum Gasteiger partial charge on any atom is 0.317 e. The average molecular weight is 408 g/mol. The van der Waals surface area contributed by atoms with Crippen LogP contribution >= 0.6 is 0 Å². The fourth-order valence-electron chi connectivity index (χ4n) is 4.02. The molecule has 1 fully saturated rings. The lowest BCUT2D eigenvalue weighted by Crippen LogP contribution is -2.35. The lowest BCUT2D eigenvalue weighted by Gasteiger charge is -2.27. The molecule has 3 rings (SSSR count). The molecule has 2 aromatic rings. The molecule has 0 spiro atoms. The number of ketones is 1. The molecule has 0 unspecified atom stereocenters. The minimum Gasteiger partial charge on any atom is -0.457 e. The normalized spacial score (nSPS) is 15.0. The molecule has 0 bridgehead atoms. The van der Waals surface area contributed by atoms with Gasteiger partial charge < -0.3 is 10.1 Å². The van der Waals surface area contributed by atoms with Gasteiger partial charge in [0.2, 0.25) is 5.91 Å². The van der Waals surface area contributed by atoms with E-state index < -0.39 is 5.41 Å². The van der Waals surface area contributed by atoms with Crippen LogP contribution in [0.1, 0.15) is 61.9 Å². The number of nitrogens with one attached hydrogen (secondary N) is 1. The van der Waals surface area contributed by atoms with Crippen LogP contribution in [0.2, 0.25) is 0 Å². The standard InChI is InChI=1S/C25H29NO4/c1-18(2)16-23(28)26-21-12-10-19(11-13-21)22(27)17-30-24(29)25(14-6-7-15-25)20-8-4-3-5-9-20/h3-5,8-13,18H,6-7,14-17H2,1-2H3,(H,26,28). The quantitative estimate of drug-likeness (QED) is 0.498. The molecular weight excluding hydrogens is 378 g/mol. The van der Waals surface area contributed by atoms with E-state index in [1.807, 2.05) is 44.2 Å². The number of rotatable bonds is 8. The summed E-state index contributed by atoms with van der Waals surface area (Å²) in [5, 5.41) is 2.81. The Kier molecular flexibility index (Phi) is 7.03. The molecule has 2 aromatic carbocycles. The van der Waals surface area contributed by atoms with Crippen LogP contribution in [-0.4, -0.2) is 24.3 Å². The summed E-state index contributed by atoms with van der Waals surface area (Å²) < 4.78 is 5.48. The summed E-state index contributed by atoms with van der Waals surface area (Å²) in [5.74, 6) is -0.359. The lowest BCUT2D eigenvalue weighted by molar-refractivity contribution is -0.149. The Labute approximate surface area is 177 Å². The third-order valence-electron chi connectivity index (χ3n) is 5.59. The highest BCUT2D eigenvalue weighted by molar-refractivity contribution is 5.99. The Balaban J connectivity index is 1.59. The predicted molar refractivity (Wildman–Crippen MR) is 116 cm³/mol. The number of ether oxygens (including phenoxy) is 1. The first-order valence-corrected chi connectivity index (χ1v) is 10.6. The number of benzene rings is 2. The number of esters is 1. The van der Waals surface area contributed by atoms with Gasteiger partial charge >= 0.3 is 5.97 Å². The van der Waals surface area contributed by atoms with Crippen LogP contribution in [-0.2, 0) is 19.7 Å². The van der Waals surface area contributed by atoms with E-state index in [4.69, 9.17) is 4.74 Å². The van der Waals surface area contributed by atoms with Gasteiger partial charge in [-0.2, -0.15) is 0 Å². The molecule has 0 saturated heterocycles. The van der Waals surface area contributed by atoms with E-state index >= 15 is 0 Å². The zero-order valence-corrected chi connectivity index (χ0v) is 17.6. The predicted octanol–water partition coefficient (Wildman–Crippen LogP) is 4.91. The summed E-state index contributed by atoms with van der Waals surface area (Å²) in [6.45, 7) is 3.68. The van der Waals surface area contributed by atoms with Gasteiger partial charge in [-0.25, -0.2) is 0 Å². The number of Topliss-reactive ketones (excluding diaryl/α,β-unsaturated/α-hetero) is 1. The first kappa shape index (κ1) is 21.8. The van der Waals surface area contributed by atoms with Crippen molar-refractivity contribution in [3.63, 3.8) is 0 Å². The van der Waals surface area contributed by atoms with Gasteiger partial charge in [-0.1, -0.05) is 57.0 Å². The van der Waals surface area contributed by atoms with Gasteiger partial charge in [0, 0.05) is 17.7 Å². The zero-order chi connectivity index (χ0) is 21.6. The van der Waals surface area contributed by atoms with Crippen molar-refractivity contribution < 1.29 is 19.1 Å². The number of hydrogen-bond acceptors (Lipinski definition) is 4. The van der Waals surface area contributed by atoms with Crippen LogP contribution in [0.3, 0.4) is 0 Å². The molecule has 158 valence electrons.